The Morgan fingerprint density at radius 3 is 2.53 bits per heavy atom. The lowest BCUT2D eigenvalue weighted by molar-refractivity contribution is -0.112. The van der Waals surface area contributed by atoms with Crippen LogP contribution in [0.1, 0.15) is 6.42 Å². The van der Waals surface area contributed by atoms with Crippen molar-refractivity contribution < 1.29 is 14.9 Å². The lowest BCUT2D eigenvalue weighted by Crippen LogP contribution is -2.44. The highest BCUT2D eigenvalue weighted by atomic mass is 16.5. The van der Waals surface area contributed by atoms with Gasteiger partial charge in [-0.1, -0.05) is 18.2 Å². The third-order valence-electron chi connectivity index (χ3n) is 2.47. The summed E-state index contributed by atoms with van der Waals surface area (Å²) in [7, 11) is 0. The summed E-state index contributed by atoms with van der Waals surface area (Å²) in [6.07, 6.45) is -1.31. The van der Waals surface area contributed by atoms with Crippen molar-refractivity contribution in [3.8, 4) is 0 Å². The molecule has 4 heteroatoms. The smallest absolute Gasteiger partial charge is 0.130 e. The molecule has 3 N–H and O–H groups in total. The van der Waals surface area contributed by atoms with Crippen LogP contribution in [0.3, 0.4) is 0 Å². The van der Waals surface area contributed by atoms with Gasteiger partial charge in [-0.15, -0.1) is 0 Å². The van der Waals surface area contributed by atoms with E-state index in [1.807, 2.05) is 30.3 Å². The molecule has 1 aliphatic rings. The van der Waals surface area contributed by atoms with Crippen LogP contribution >= 0.6 is 0 Å². The normalized spacial score (nSPS) is 31.2. The highest BCUT2D eigenvalue weighted by molar-refractivity contribution is 5.42. The minimum absolute atomic E-state index is 0.172. The van der Waals surface area contributed by atoms with Gasteiger partial charge in [-0.05, 0) is 12.1 Å². The summed E-state index contributed by atoms with van der Waals surface area (Å²) in [5.41, 5.74) is 0.950. The zero-order valence-electron chi connectivity index (χ0n) is 8.34. The predicted molar refractivity (Wildman–Crippen MR) is 56.4 cm³/mol. The van der Waals surface area contributed by atoms with Crippen molar-refractivity contribution in [2.24, 2.45) is 0 Å². The molecular weight excluding hydrogens is 194 g/mol. The van der Waals surface area contributed by atoms with Crippen LogP contribution in [0.5, 0.6) is 0 Å². The van der Waals surface area contributed by atoms with E-state index in [2.05, 4.69) is 5.32 Å². The van der Waals surface area contributed by atoms with Crippen molar-refractivity contribution in [3.63, 3.8) is 0 Å². The number of benzene rings is 1. The van der Waals surface area contributed by atoms with Crippen LogP contribution in [0.15, 0.2) is 30.3 Å². The van der Waals surface area contributed by atoms with Crippen molar-refractivity contribution in [2.75, 3.05) is 11.9 Å². The number of aliphatic hydroxyl groups excluding tert-OH is 2. The Kier molecular flexibility index (Phi) is 3.20. The minimum atomic E-state index is -0.765. The second-order valence-corrected chi connectivity index (χ2v) is 3.70. The highest BCUT2D eigenvalue weighted by Gasteiger charge is 2.27. The molecular formula is C11H15NO3. The first-order valence-corrected chi connectivity index (χ1v) is 5.05. The third-order valence-corrected chi connectivity index (χ3v) is 2.47. The predicted octanol–water partition coefficient (Wildman–Crippen LogP) is 0.567. The molecule has 1 aliphatic heterocycles. The molecule has 0 aromatic heterocycles. The quantitative estimate of drug-likeness (QED) is 0.666. The Bertz CT molecular complexity index is 304. The van der Waals surface area contributed by atoms with Crippen LogP contribution in [0.4, 0.5) is 5.69 Å². The zero-order valence-corrected chi connectivity index (χ0v) is 8.34. The van der Waals surface area contributed by atoms with E-state index in [0.29, 0.717) is 6.42 Å². The number of hydrogen-bond acceptors (Lipinski definition) is 4. The van der Waals surface area contributed by atoms with E-state index >= 15 is 0 Å². The van der Waals surface area contributed by atoms with Crippen LogP contribution in [0, 0.1) is 0 Å². The maximum Gasteiger partial charge on any atom is 0.130 e. The molecule has 0 unspecified atom stereocenters. The van der Waals surface area contributed by atoms with Gasteiger partial charge in [0.2, 0.25) is 0 Å². The summed E-state index contributed by atoms with van der Waals surface area (Å²) >= 11 is 0. The lowest BCUT2D eigenvalue weighted by Gasteiger charge is -2.31. The third kappa shape index (κ3) is 2.68. The van der Waals surface area contributed by atoms with Crippen molar-refractivity contribution in [2.45, 2.75) is 24.9 Å². The molecule has 4 nitrogen and oxygen atoms in total. The average Bonchev–Trinajstić information content (AvgIpc) is 2.25. The summed E-state index contributed by atoms with van der Waals surface area (Å²) in [5, 5.41) is 21.9. The highest BCUT2D eigenvalue weighted by Crippen LogP contribution is 2.17. The monoisotopic (exact) mass is 209 g/mol. The van der Waals surface area contributed by atoms with Crippen molar-refractivity contribution in [3.05, 3.63) is 30.3 Å². The van der Waals surface area contributed by atoms with Crippen LogP contribution in [-0.4, -0.2) is 35.3 Å². The summed E-state index contributed by atoms with van der Waals surface area (Å²) in [6.45, 7) is 0.172. The molecule has 0 bridgehead atoms. The van der Waals surface area contributed by atoms with Gasteiger partial charge in [-0.2, -0.15) is 0 Å². The summed E-state index contributed by atoms with van der Waals surface area (Å²) in [6, 6.07) is 9.65. The van der Waals surface area contributed by atoms with Gasteiger partial charge < -0.3 is 20.3 Å². The maximum absolute atomic E-state index is 9.46. The lowest BCUT2D eigenvalue weighted by atomic mass is 10.1. The van der Waals surface area contributed by atoms with E-state index in [9.17, 15) is 10.2 Å². The average molecular weight is 209 g/mol. The first-order chi connectivity index (χ1) is 7.25. The van der Waals surface area contributed by atoms with Gasteiger partial charge in [0.05, 0.1) is 12.7 Å². The van der Waals surface area contributed by atoms with Crippen molar-refractivity contribution >= 4 is 5.69 Å². The molecule has 15 heavy (non-hydrogen) atoms. The number of anilines is 1. The summed E-state index contributed by atoms with van der Waals surface area (Å²) in [5.74, 6) is 0. The Labute approximate surface area is 88.5 Å². The van der Waals surface area contributed by atoms with Crippen LogP contribution in [0.2, 0.25) is 0 Å². The minimum Gasteiger partial charge on any atom is -0.390 e. The SMILES string of the molecule is O[C@@H]1C[C@@H](Nc2ccccc2)OC[C@@H]1O. The van der Waals surface area contributed by atoms with Crippen molar-refractivity contribution in [1.82, 2.24) is 0 Å². The number of nitrogens with one attached hydrogen (secondary N) is 1. The fourth-order valence-electron chi connectivity index (χ4n) is 1.59. The van der Waals surface area contributed by atoms with Gasteiger partial charge >= 0.3 is 0 Å². The number of para-hydroxylation sites is 1. The summed E-state index contributed by atoms with van der Waals surface area (Å²) in [4.78, 5) is 0. The second kappa shape index (κ2) is 4.61. The van der Waals surface area contributed by atoms with E-state index < -0.39 is 12.2 Å². The molecule has 0 spiro atoms. The molecule has 82 valence electrons. The van der Waals surface area contributed by atoms with Crippen LogP contribution in [0.25, 0.3) is 0 Å². The molecule has 1 aromatic rings. The Balaban J connectivity index is 1.91. The molecule has 3 atom stereocenters. The van der Waals surface area contributed by atoms with Gasteiger partial charge in [-0.25, -0.2) is 0 Å². The largest absolute Gasteiger partial charge is 0.390 e. The molecule has 2 rings (SSSR count). The topological polar surface area (TPSA) is 61.7 Å². The van der Waals surface area contributed by atoms with E-state index in [1.165, 1.54) is 0 Å². The van der Waals surface area contributed by atoms with Crippen molar-refractivity contribution in [1.29, 1.82) is 0 Å². The van der Waals surface area contributed by atoms with E-state index in [1.54, 1.807) is 0 Å². The van der Waals surface area contributed by atoms with Gasteiger partial charge in [-0.3, -0.25) is 0 Å². The van der Waals surface area contributed by atoms with Gasteiger partial charge in [0.15, 0.2) is 0 Å². The Morgan fingerprint density at radius 1 is 1.13 bits per heavy atom. The first kappa shape index (κ1) is 10.4. The van der Waals surface area contributed by atoms with Gasteiger partial charge in [0.25, 0.3) is 0 Å². The maximum atomic E-state index is 9.46. The standard InChI is InChI=1S/C11H15NO3/c13-9-6-11(15-7-10(9)14)12-8-4-2-1-3-5-8/h1-5,9-14H,6-7H2/t9-,10+,11+/m1/s1. The molecule has 1 heterocycles. The number of ether oxygens (including phenoxy) is 1. The Morgan fingerprint density at radius 2 is 1.87 bits per heavy atom. The van der Waals surface area contributed by atoms with E-state index in [4.69, 9.17) is 4.74 Å². The molecule has 1 aromatic carbocycles. The van der Waals surface area contributed by atoms with Crippen LogP contribution in [-0.2, 0) is 4.74 Å². The Hall–Kier alpha value is -1.10. The number of rotatable bonds is 2. The van der Waals surface area contributed by atoms with E-state index in [0.717, 1.165) is 5.69 Å². The summed E-state index contributed by atoms with van der Waals surface area (Å²) < 4.78 is 5.34. The number of hydrogen-bond donors (Lipinski definition) is 3. The van der Waals surface area contributed by atoms with Gasteiger partial charge in [0.1, 0.15) is 12.3 Å². The molecule has 1 fully saturated rings. The zero-order chi connectivity index (χ0) is 10.7. The van der Waals surface area contributed by atoms with Gasteiger partial charge in [0, 0.05) is 12.1 Å². The first-order valence-electron chi connectivity index (χ1n) is 5.05. The fourth-order valence-corrected chi connectivity index (χ4v) is 1.59. The number of aliphatic hydroxyl groups is 2. The molecule has 1 saturated heterocycles. The second-order valence-electron chi connectivity index (χ2n) is 3.70. The molecule has 0 aliphatic carbocycles. The van der Waals surface area contributed by atoms with Crippen LogP contribution < -0.4 is 5.32 Å². The fraction of sp³-hybridized carbons (Fsp3) is 0.455. The van der Waals surface area contributed by atoms with E-state index in [-0.39, 0.29) is 12.8 Å². The molecule has 0 saturated carbocycles. The molecule has 0 radical (unpaired) electrons. The molecule has 0 amide bonds.